The van der Waals surface area contributed by atoms with Crippen molar-refractivity contribution in [2.45, 2.75) is 0 Å². The fraction of sp³-hybridized carbons (Fsp3) is 0.111. The average Bonchev–Trinajstić information content (AvgIpc) is 2.58. The summed E-state index contributed by atoms with van der Waals surface area (Å²) in [6.07, 6.45) is 1.88. The van der Waals surface area contributed by atoms with Crippen LogP contribution >= 0.6 is 0 Å². The first-order chi connectivity index (χ1) is 5.86. The zero-order valence-corrected chi connectivity index (χ0v) is 6.47. The topological polar surface area (TPSA) is 24.1 Å². The molecule has 0 saturated carbocycles. The van der Waals surface area contributed by atoms with Crippen LogP contribution in [-0.2, 0) is 0 Å². The second kappa shape index (κ2) is 2.85. The van der Waals surface area contributed by atoms with Gasteiger partial charge >= 0.3 is 0 Å². The zero-order chi connectivity index (χ0) is 8.39. The van der Waals surface area contributed by atoms with Gasteiger partial charge in [-0.25, -0.2) is 4.39 Å². The highest BCUT2D eigenvalue weighted by atomic mass is 19.1. The molecule has 0 spiro atoms. The van der Waals surface area contributed by atoms with Crippen molar-refractivity contribution in [2.24, 2.45) is 0 Å². The monoisotopic (exact) mass is 164 g/mol. The van der Waals surface area contributed by atoms with Gasteiger partial charge in [-0.05, 0) is 29.8 Å². The summed E-state index contributed by atoms with van der Waals surface area (Å²) in [5.74, 6) is -0.203. The lowest BCUT2D eigenvalue weighted by Crippen LogP contribution is -2.13. The van der Waals surface area contributed by atoms with Crippen molar-refractivity contribution in [1.29, 1.82) is 0 Å². The fourth-order valence-corrected chi connectivity index (χ4v) is 1.17. The second-order valence-corrected chi connectivity index (χ2v) is 2.62. The summed E-state index contributed by atoms with van der Waals surface area (Å²) in [6, 6.07) is 6.41. The molecule has 1 aliphatic heterocycles. The maximum Gasteiger partial charge on any atom is 0.123 e. The Balaban J connectivity index is 2.28. The van der Waals surface area contributed by atoms with Crippen molar-refractivity contribution in [3.8, 4) is 0 Å². The molecule has 0 aliphatic carbocycles. The van der Waals surface area contributed by atoms with Gasteiger partial charge < -0.3 is 10.6 Å². The molecule has 0 unspecified atom stereocenters. The van der Waals surface area contributed by atoms with Crippen LogP contribution in [0.5, 0.6) is 0 Å². The fourth-order valence-electron chi connectivity index (χ4n) is 1.17. The van der Waals surface area contributed by atoms with Crippen LogP contribution < -0.4 is 10.6 Å². The highest BCUT2D eigenvalue weighted by Gasteiger charge is 2.04. The van der Waals surface area contributed by atoms with Gasteiger partial charge in [0.15, 0.2) is 0 Å². The number of rotatable bonds is 1. The molecule has 1 heterocycles. The summed E-state index contributed by atoms with van der Waals surface area (Å²) < 4.78 is 12.5. The molecule has 12 heavy (non-hydrogen) atoms. The standard InChI is InChI=1S/C9H9FN2/c10-8-3-1-7(2-4-8)9-5-11-6-12-9/h1-5,11-12H,6H2. The van der Waals surface area contributed by atoms with Gasteiger partial charge in [-0.3, -0.25) is 0 Å². The van der Waals surface area contributed by atoms with E-state index in [1.165, 1.54) is 12.1 Å². The van der Waals surface area contributed by atoms with Crippen LogP contribution in [-0.4, -0.2) is 6.67 Å². The van der Waals surface area contributed by atoms with Gasteiger partial charge in [-0.1, -0.05) is 0 Å². The Bertz CT molecular complexity index is 303. The van der Waals surface area contributed by atoms with Crippen molar-refractivity contribution in [1.82, 2.24) is 10.6 Å². The molecule has 0 fully saturated rings. The molecular weight excluding hydrogens is 155 g/mol. The Morgan fingerprint density at radius 2 is 1.92 bits per heavy atom. The second-order valence-electron chi connectivity index (χ2n) is 2.62. The van der Waals surface area contributed by atoms with Gasteiger partial charge in [-0.15, -0.1) is 0 Å². The average molecular weight is 164 g/mol. The van der Waals surface area contributed by atoms with Crippen molar-refractivity contribution in [3.05, 3.63) is 41.8 Å². The highest BCUT2D eigenvalue weighted by molar-refractivity contribution is 5.64. The molecule has 62 valence electrons. The first kappa shape index (κ1) is 7.16. The number of nitrogens with one attached hydrogen (secondary N) is 2. The van der Waals surface area contributed by atoms with Crippen molar-refractivity contribution in [2.75, 3.05) is 6.67 Å². The van der Waals surface area contributed by atoms with Crippen LogP contribution in [0.25, 0.3) is 5.70 Å². The molecule has 2 rings (SSSR count). The van der Waals surface area contributed by atoms with Crippen LogP contribution in [0.2, 0.25) is 0 Å². The van der Waals surface area contributed by atoms with Gasteiger partial charge in [0.25, 0.3) is 0 Å². The van der Waals surface area contributed by atoms with Crippen LogP contribution in [0, 0.1) is 5.82 Å². The number of hydrogen-bond acceptors (Lipinski definition) is 2. The molecule has 0 atom stereocenters. The Hall–Kier alpha value is -1.51. The van der Waals surface area contributed by atoms with Crippen LogP contribution in [0.3, 0.4) is 0 Å². The minimum absolute atomic E-state index is 0.203. The van der Waals surface area contributed by atoms with E-state index in [9.17, 15) is 4.39 Å². The lowest BCUT2D eigenvalue weighted by molar-refractivity contribution is 0.627. The third-order valence-corrected chi connectivity index (χ3v) is 1.78. The summed E-state index contributed by atoms with van der Waals surface area (Å²) in [5.41, 5.74) is 2.01. The lowest BCUT2D eigenvalue weighted by atomic mass is 10.2. The summed E-state index contributed by atoms with van der Waals surface area (Å²) in [6.45, 7) is 0.743. The predicted molar refractivity (Wildman–Crippen MR) is 45.5 cm³/mol. The first-order valence-corrected chi connectivity index (χ1v) is 3.79. The Morgan fingerprint density at radius 1 is 1.17 bits per heavy atom. The molecule has 0 bridgehead atoms. The SMILES string of the molecule is Fc1ccc(C2=CNCN2)cc1. The molecule has 2 N–H and O–H groups in total. The Labute approximate surface area is 70.1 Å². The maximum absolute atomic E-state index is 12.5. The molecular formula is C9H9FN2. The van der Waals surface area contributed by atoms with E-state index in [1.54, 1.807) is 12.1 Å². The molecule has 1 aromatic carbocycles. The van der Waals surface area contributed by atoms with Gasteiger partial charge in [0.1, 0.15) is 5.82 Å². The van der Waals surface area contributed by atoms with E-state index in [4.69, 9.17) is 0 Å². The number of hydrogen-bond donors (Lipinski definition) is 2. The first-order valence-electron chi connectivity index (χ1n) is 3.79. The largest absolute Gasteiger partial charge is 0.372 e. The van der Waals surface area contributed by atoms with Gasteiger partial charge in [-0.2, -0.15) is 0 Å². The quantitative estimate of drug-likeness (QED) is 0.653. The minimum atomic E-state index is -0.203. The summed E-state index contributed by atoms with van der Waals surface area (Å²) in [7, 11) is 0. The maximum atomic E-state index is 12.5. The molecule has 0 saturated heterocycles. The van der Waals surface area contributed by atoms with Gasteiger partial charge in [0.05, 0.1) is 12.4 Å². The van der Waals surface area contributed by atoms with E-state index in [0.717, 1.165) is 17.9 Å². The molecule has 0 radical (unpaired) electrons. The van der Waals surface area contributed by atoms with Crippen LogP contribution in [0.15, 0.2) is 30.5 Å². The highest BCUT2D eigenvalue weighted by Crippen LogP contribution is 2.12. The molecule has 0 amide bonds. The lowest BCUT2D eigenvalue weighted by Gasteiger charge is -2.01. The van der Waals surface area contributed by atoms with Crippen LogP contribution in [0.1, 0.15) is 5.56 Å². The summed E-state index contributed by atoms with van der Waals surface area (Å²) in [5, 5.41) is 6.14. The smallest absolute Gasteiger partial charge is 0.123 e. The molecule has 3 heteroatoms. The van der Waals surface area contributed by atoms with Crippen molar-refractivity contribution < 1.29 is 4.39 Å². The summed E-state index contributed by atoms with van der Waals surface area (Å²) >= 11 is 0. The molecule has 2 nitrogen and oxygen atoms in total. The summed E-state index contributed by atoms with van der Waals surface area (Å²) in [4.78, 5) is 0. The van der Waals surface area contributed by atoms with Gasteiger partial charge in [0.2, 0.25) is 0 Å². The molecule has 1 aromatic rings. The van der Waals surface area contributed by atoms with E-state index in [1.807, 2.05) is 6.20 Å². The Morgan fingerprint density at radius 3 is 2.50 bits per heavy atom. The molecule has 0 aromatic heterocycles. The van der Waals surface area contributed by atoms with Crippen molar-refractivity contribution in [3.63, 3.8) is 0 Å². The molecule has 1 aliphatic rings. The van der Waals surface area contributed by atoms with E-state index in [2.05, 4.69) is 10.6 Å². The predicted octanol–water partition coefficient (Wildman–Crippen LogP) is 1.27. The Kier molecular flexibility index (Phi) is 1.70. The minimum Gasteiger partial charge on any atom is -0.372 e. The van der Waals surface area contributed by atoms with Gasteiger partial charge in [0, 0.05) is 6.20 Å². The number of benzene rings is 1. The van der Waals surface area contributed by atoms with Crippen molar-refractivity contribution >= 4 is 5.70 Å². The third kappa shape index (κ3) is 1.25. The third-order valence-electron chi connectivity index (χ3n) is 1.78. The van der Waals surface area contributed by atoms with Crippen LogP contribution in [0.4, 0.5) is 4.39 Å². The van der Waals surface area contributed by atoms with E-state index < -0.39 is 0 Å². The normalized spacial score (nSPS) is 14.9. The van der Waals surface area contributed by atoms with E-state index >= 15 is 0 Å². The van der Waals surface area contributed by atoms with E-state index in [0.29, 0.717) is 0 Å². The number of halogens is 1. The zero-order valence-electron chi connectivity index (χ0n) is 6.47. The van der Waals surface area contributed by atoms with E-state index in [-0.39, 0.29) is 5.82 Å².